The Morgan fingerprint density at radius 3 is 2.61 bits per heavy atom. The average Bonchev–Trinajstić information content (AvgIpc) is 3.23. The summed E-state index contributed by atoms with van der Waals surface area (Å²) in [7, 11) is 0. The lowest BCUT2D eigenvalue weighted by molar-refractivity contribution is 0.397. The fourth-order valence-corrected chi connectivity index (χ4v) is 3.26. The van der Waals surface area contributed by atoms with E-state index >= 15 is 0 Å². The van der Waals surface area contributed by atoms with Crippen molar-refractivity contribution in [3.8, 4) is 0 Å². The first-order chi connectivity index (χ1) is 8.79. The summed E-state index contributed by atoms with van der Waals surface area (Å²) in [5, 5.41) is 0. The van der Waals surface area contributed by atoms with E-state index in [9.17, 15) is 0 Å². The minimum absolute atomic E-state index is 0.909. The Balaban J connectivity index is 1.61. The predicted molar refractivity (Wildman–Crippen MR) is 73.5 cm³/mol. The monoisotopic (exact) mass is 240 g/mol. The zero-order chi connectivity index (χ0) is 12.1. The van der Waals surface area contributed by atoms with Crippen LogP contribution < -0.4 is 0 Å². The van der Waals surface area contributed by atoms with Gasteiger partial charge in [-0.25, -0.2) is 4.98 Å². The summed E-state index contributed by atoms with van der Waals surface area (Å²) in [5.74, 6) is 4.13. The highest BCUT2D eigenvalue weighted by Crippen LogP contribution is 2.50. The van der Waals surface area contributed by atoms with Crippen LogP contribution in [-0.4, -0.2) is 9.97 Å². The zero-order valence-corrected chi connectivity index (χ0v) is 10.9. The van der Waals surface area contributed by atoms with Crippen molar-refractivity contribution in [2.45, 2.75) is 39.0 Å². The van der Waals surface area contributed by atoms with E-state index < -0.39 is 0 Å². The minimum atomic E-state index is 0.909. The van der Waals surface area contributed by atoms with E-state index in [0.29, 0.717) is 0 Å². The normalized spacial score (nSPS) is 19.9. The SMILES string of the molecule is Cc1ccc2nc(CC(C3CC3)C3CC3)[nH]c2c1. The molecule has 0 bridgehead atoms. The molecule has 2 aliphatic carbocycles. The summed E-state index contributed by atoms with van der Waals surface area (Å²) in [6, 6.07) is 6.48. The van der Waals surface area contributed by atoms with Crippen LogP contribution in [0.2, 0.25) is 0 Å². The smallest absolute Gasteiger partial charge is 0.107 e. The molecular weight excluding hydrogens is 220 g/mol. The number of nitrogens with one attached hydrogen (secondary N) is 1. The lowest BCUT2D eigenvalue weighted by Crippen LogP contribution is -2.10. The Hall–Kier alpha value is -1.31. The largest absolute Gasteiger partial charge is 0.342 e. The number of imidazole rings is 1. The van der Waals surface area contributed by atoms with Crippen LogP contribution in [0.15, 0.2) is 18.2 Å². The molecule has 2 fully saturated rings. The van der Waals surface area contributed by atoms with E-state index in [-0.39, 0.29) is 0 Å². The first-order valence-corrected chi connectivity index (χ1v) is 7.25. The molecule has 2 heteroatoms. The van der Waals surface area contributed by atoms with E-state index in [0.717, 1.165) is 23.3 Å². The van der Waals surface area contributed by atoms with Crippen molar-refractivity contribution in [2.24, 2.45) is 17.8 Å². The number of aromatic nitrogens is 2. The summed E-state index contributed by atoms with van der Waals surface area (Å²) < 4.78 is 0. The number of fused-ring (bicyclic) bond motifs is 1. The number of nitrogens with zero attached hydrogens (tertiary/aromatic N) is 1. The van der Waals surface area contributed by atoms with E-state index in [1.54, 1.807) is 0 Å². The van der Waals surface area contributed by atoms with Gasteiger partial charge < -0.3 is 4.98 Å². The maximum atomic E-state index is 4.76. The zero-order valence-electron chi connectivity index (χ0n) is 10.9. The molecule has 2 saturated carbocycles. The Bertz CT molecular complexity index is 564. The molecule has 1 N–H and O–H groups in total. The van der Waals surface area contributed by atoms with Crippen LogP contribution in [0.1, 0.15) is 37.1 Å². The second kappa shape index (κ2) is 3.84. The summed E-state index contributed by atoms with van der Waals surface area (Å²) in [6.07, 6.45) is 7.01. The van der Waals surface area contributed by atoms with Crippen LogP contribution >= 0.6 is 0 Å². The molecule has 0 aliphatic heterocycles. The Labute approximate surface area is 108 Å². The third-order valence-electron chi connectivity index (χ3n) is 4.57. The number of rotatable bonds is 4. The van der Waals surface area contributed by atoms with Crippen LogP contribution in [0.4, 0.5) is 0 Å². The molecule has 2 aliphatic rings. The van der Waals surface area contributed by atoms with Gasteiger partial charge in [0, 0.05) is 6.42 Å². The first-order valence-electron chi connectivity index (χ1n) is 7.25. The molecule has 2 nitrogen and oxygen atoms in total. The van der Waals surface area contributed by atoms with E-state index in [2.05, 4.69) is 30.1 Å². The van der Waals surface area contributed by atoms with Crippen LogP contribution in [0.3, 0.4) is 0 Å². The molecule has 1 heterocycles. The standard InChI is InChI=1S/C16H20N2/c1-10-2-7-14-15(8-10)18-16(17-14)9-13(11-3-4-11)12-5-6-12/h2,7-8,11-13H,3-6,9H2,1H3,(H,17,18). The van der Waals surface area contributed by atoms with Gasteiger partial charge >= 0.3 is 0 Å². The van der Waals surface area contributed by atoms with Crippen LogP contribution in [-0.2, 0) is 6.42 Å². The van der Waals surface area contributed by atoms with Gasteiger partial charge in [-0.2, -0.15) is 0 Å². The molecule has 0 spiro atoms. The highest BCUT2D eigenvalue weighted by Gasteiger charge is 2.41. The third-order valence-corrected chi connectivity index (χ3v) is 4.57. The number of hydrogen-bond acceptors (Lipinski definition) is 1. The third kappa shape index (κ3) is 1.94. The van der Waals surface area contributed by atoms with Crippen LogP contribution in [0, 0.1) is 24.7 Å². The van der Waals surface area contributed by atoms with Gasteiger partial charge in [0.1, 0.15) is 5.82 Å². The van der Waals surface area contributed by atoms with Gasteiger partial charge in [-0.15, -0.1) is 0 Å². The van der Waals surface area contributed by atoms with Gasteiger partial charge in [0.15, 0.2) is 0 Å². The predicted octanol–water partition coefficient (Wildman–Crippen LogP) is 3.85. The first kappa shape index (κ1) is 10.6. The highest BCUT2D eigenvalue weighted by atomic mass is 14.9. The average molecular weight is 240 g/mol. The molecule has 0 saturated heterocycles. The maximum absolute atomic E-state index is 4.76. The molecular formula is C16H20N2. The molecule has 4 rings (SSSR count). The summed E-state index contributed by atoms with van der Waals surface area (Å²) >= 11 is 0. The number of H-pyrrole nitrogens is 1. The van der Waals surface area contributed by atoms with E-state index in [4.69, 9.17) is 4.98 Å². The molecule has 1 aromatic heterocycles. The van der Waals surface area contributed by atoms with Crippen molar-refractivity contribution in [1.29, 1.82) is 0 Å². The second-order valence-corrected chi connectivity index (χ2v) is 6.25. The Morgan fingerprint density at radius 2 is 1.94 bits per heavy atom. The fourth-order valence-electron chi connectivity index (χ4n) is 3.26. The fraction of sp³-hybridized carbons (Fsp3) is 0.562. The quantitative estimate of drug-likeness (QED) is 0.864. The topological polar surface area (TPSA) is 28.7 Å². The molecule has 2 aromatic rings. The minimum Gasteiger partial charge on any atom is -0.342 e. The summed E-state index contributed by atoms with van der Waals surface area (Å²) in [6.45, 7) is 2.14. The van der Waals surface area contributed by atoms with Gasteiger partial charge in [0.25, 0.3) is 0 Å². The van der Waals surface area contributed by atoms with Gasteiger partial charge in [0.2, 0.25) is 0 Å². The number of aromatic amines is 1. The molecule has 0 radical (unpaired) electrons. The molecule has 94 valence electrons. The molecule has 0 unspecified atom stereocenters. The summed E-state index contributed by atoms with van der Waals surface area (Å²) in [5.41, 5.74) is 3.63. The molecule has 0 amide bonds. The van der Waals surface area contributed by atoms with Crippen molar-refractivity contribution in [2.75, 3.05) is 0 Å². The number of aryl methyl sites for hydroxylation is 1. The Morgan fingerprint density at radius 1 is 1.22 bits per heavy atom. The Kier molecular flexibility index (Phi) is 2.26. The van der Waals surface area contributed by atoms with Crippen molar-refractivity contribution >= 4 is 11.0 Å². The lowest BCUT2D eigenvalue weighted by Gasteiger charge is -2.12. The van der Waals surface area contributed by atoms with Gasteiger partial charge in [-0.05, 0) is 68.1 Å². The van der Waals surface area contributed by atoms with Gasteiger partial charge in [-0.1, -0.05) is 6.07 Å². The van der Waals surface area contributed by atoms with E-state index in [1.807, 2.05) is 0 Å². The lowest BCUT2D eigenvalue weighted by atomic mass is 9.94. The van der Waals surface area contributed by atoms with Crippen LogP contribution in [0.25, 0.3) is 11.0 Å². The maximum Gasteiger partial charge on any atom is 0.107 e. The second-order valence-electron chi connectivity index (χ2n) is 6.25. The van der Waals surface area contributed by atoms with E-state index in [1.165, 1.54) is 49.0 Å². The van der Waals surface area contributed by atoms with Crippen molar-refractivity contribution in [3.63, 3.8) is 0 Å². The van der Waals surface area contributed by atoms with Crippen molar-refractivity contribution in [3.05, 3.63) is 29.6 Å². The number of hydrogen-bond donors (Lipinski definition) is 1. The van der Waals surface area contributed by atoms with Gasteiger partial charge in [-0.3, -0.25) is 0 Å². The van der Waals surface area contributed by atoms with Gasteiger partial charge in [0.05, 0.1) is 11.0 Å². The van der Waals surface area contributed by atoms with Crippen molar-refractivity contribution in [1.82, 2.24) is 9.97 Å². The molecule has 0 atom stereocenters. The number of benzene rings is 1. The molecule has 1 aromatic carbocycles. The van der Waals surface area contributed by atoms with Crippen molar-refractivity contribution < 1.29 is 0 Å². The highest BCUT2D eigenvalue weighted by molar-refractivity contribution is 5.75. The summed E-state index contributed by atoms with van der Waals surface area (Å²) in [4.78, 5) is 8.28. The molecule has 18 heavy (non-hydrogen) atoms. The van der Waals surface area contributed by atoms with Crippen LogP contribution in [0.5, 0.6) is 0 Å².